The first-order valence-corrected chi connectivity index (χ1v) is 10.9. The molecule has 1 heterocycles. The van der Waals surface area contributed by atoms with Gasteiger partial charge < -0.3 is 19.7 Å². The highest BCUT2D eigenvalue weighted by molar-refractivity contribution is 5.89. The van der Waals surface area contributed by atoms with Crippen molar-refractivity contribution in [1.82, 2.24) is 0 Å². The Morgan fingerprint density at radius 1 is 0.931 bits per heavy atom. The highest BCUT2D eigenvalue weighted by Crippen LogP contribution is 2.25. The van der Waals surface area contributed by atoms with Gasteiger partial charge >= 0.3 is 17.9 Å². The SMILES string of the molecule is CCCCCCC(CC=CCCCCCCCC(=O)O)OC(=O)C1OC1C(=O)O. The van der Waals surface area contributed by atoms with E-state index in [1.54, 1.807) is 0 Å². The molecule has 3 atom stereocenters. The molecular formula is C22H36O7. The minimum Gasteiger partial charge on any atom is -0.481 e. The van der Waals surface area contributed by atoms with Crippen molar-refractivity contribution in [1.29, 1.82) is 0 Å². The number of carboxylic acid groups (broad SMARTS) is 2. The van der Waals surface area contributed by atoms with Crippen molar-refractivity contribution in [2.75, 3.05) is 0 Å². The normalized spacial score (nSPS) is 19.2. The van der Waals surface area contributed by atoms with Gasteiger partial charge in [0.15, 0.2) is 12.2 Å². The van der Waals surface area contributed by atoms with Crippen LogP contribution < -0.4 is 0 Å². The van der Waals surface area contributed by atoms with Crippen LogP contribution in [0.5, 0.6) is 0 Å². The summed E-state index contributed by atoms with van der Waals surface area (Å²) in [5.41, 5.74) is 0. The third-order valence-electron chi connectivity index (χ3n) is 4.96. The Hall–Kier alpha value is -1.89. The number of carbonyl (C=O) groups excluding carboxylic acids is 1. The van der Waals surface area contributed by atoms with Crippen molar-refractivity contribution in [3.8, 4) is 0 Å². The highest BCUT2D eigenvalue weighted by Gasteiger charge is 2.52. The quantitative estimate of drug-likeness (QED) is 0.148. The van der Waals surface area contributed by atoms with Crippen LogP contribution in [-0.4, -0.2) is 46.4 Å². The molecule has 0 aromatic rings. The van der Waals surface area contributed by atoms with Gasteiger partial charge in [0.25, 0.3) is 0 Å². The molecule has 7 heteroatoms. The number of carboxylic acids is 2. The van der Waals surface area contributed by atoms with Crippen molar-refractivity contribution in [2.24, 2.45) is 0 Å². The molecule has 1 rings (SSSR count). The van der Waals surface area contributed by atoms with Gasteiger partial charge in [-0.3, -0.25) is 4.79 Å². The molecule has 1 aliphatic heterocycles. The van der Waals surface area contributed by atoms with Crippen LogP contribution in [0.4, 0.5) is 0 Å². The molecule has 0 spiro atoms. The van der Waals surface area contributed by atoms with Crippen LogP contribution in [0.15, 0.2) is 12.2 Å². The molecule has 1 fully saturated rings. The minimum atomic E-state index is -1.13. The van der Waals surface area contributed by atoms with E-state index in [2.05, 4.69) is 13.0 Å². The Kier molecular flexibility index (Phi) is 13.0. The number of esters is 1. The lowest BCUT2D eigenvalue weighted by Gasteiger charge is -2.16. The zero-order valence-electron chi connectivity index (χ0n) is 17.5. The fourth-order valence-corrected chi connectivity index (χ4v) is 3.17. The molecule has 1 saturated heterocycles. The molecule has 0 radical (unpaired) electrons. The van der Waals surface area contributed by atoms with Crippen LogP contribution in [0.25, 0.3) is 0 Å². The first-order chi connectivity index (χ1) is 14.0. The number of carbonyl (C=O) groups is 3. The van der Waals surface area contributed by atoms with E-state index in [-0.39, 0.29) is 12.5 Å². The molecule has 0 aromatic carbocycles. The van der Waals surface area contributed by atoms with Crippen LogP contribution >= 0.6 is 0 Å². The Balaban J connectivity index is 2.24. The van der Waals surface area contributed by atoms with Crippen molar-refractivity contribution in [2.45, 2.75) is 109 Å². The Labute approximate surface area is 173 Å². The van der Waals surface area contributed by atoms with E-state index in [1.807, 2.05) is 6.08 Å². The second-order valence-corrected chi connectivity index (χ2v) is 7.63. The second kappa shape index (κ2) is 15.0. The topological polar surface area (TPSA) is 113 Å². The lowest BCUT2D eigenvalue weighted by atomic mass is 10.1. The first-order valence-electron chi connectivity index (χ1n) is 10.9. The predicted molar refractivity (Wildman–Crippen MR) is 109 cm³/mol. The summed E-state index contributed by atoms with van der Waals surface area (Å²) < 4.78 is 10.4. The van der Waals surface area contributed by atoms with Crippen molar-refractivity contribution in [3.05, 3.63) is 12.2 Å². The summed E-state index contributed by atoms with van der Waals surface area (Å²) in [4.78, 5) is 33.3. The third kappa shape index (κ3) is 12.3. The summed E-state index contributed by atoms with van der Waals surface area (Å²) in [6, 6.07) is 0. The van der Waals surface area contributed by atoms with Gasteiger partial charge in [-0.25, -0.2) is 9.59 Å². The van der Waals surface area contributed by atoms with Gasteiger partial charge in [-0.1, -0.05) is 57.6 Å². The van der Waals surface area contributed by atoms with Gasteiger partial charge in [-0.05, 0) is 32.1 Å². The number of hydrogen-bond acceptors (Lipinski definition) is 5. The van der Waals surface area contributed by atoms with E-state index >= 15 is 0 Å². The largest absolute Gasteiger partial charge is 0.481 e. The summed E-state index contributed by atoms with van der Waals surface area (Å²) >= 11 is 0. The fraction of sp³-hybridized carbons (Fsp3) is 0.773. The fourth-order valence-electron chi connectivity index (χ4n) is 3.17. The number of ether oxygens (including phenoxy) is 2. The van der Waals surface area contributed by atoms with Gasteiger partial charge in [0, 0.05) is 12.8 Å². The monoisotopic (exact) mass is 412 g/mol. The van der Waals surface area contributed by atoms with Gasteiger partial charge in [-0.2, -0.15) is 0 Å². The van der Waals surface area contributed by atoms with Gasteiger partial charge in [0.1, 0.15) is 6.10 Å². The molecule has 0 saturated carbocycles. The maximum absolute atomic E-state index is 12.1. The van der Waals surface area contributed by atoms with Crippen LogP contribution in [0.2, 0.25) is 0 Å². The smallest absolute Gasteiger partial charge is 0.338 e. The van der Waals surface area contributed by atoms with Crippen LogP contribution in [0, 0.1) is 0 Å². The molecule has 166 valence electrons. The van der Waals surface area contributed by atoms with E-state index < -0.39 is 30.1 Å². The van der Waals surface area contributed by atoms with Gasteiger partial charge in [-0.15, -0.1) is 0 Å². The van der Waals surface area contributed by atoms with Crippen molar-refractivity contribution >= 4 is 17.9 Å². The molecule has 0 aliphatic carbocycles. The van der Waals surface area contributed by atoms with Crippen LogP contribution in [0.1, 0.15) is 90.4 Å². The molecule has 2 N–H and O–H groups in total. The maximum Gasteiger partial charge on any atom is 0.338 e. The van der Waals surface area contributed by atoms with E-state index in [9.17, 15) is 14.4 Å². The average Bonchev–Trinajstić information content (AvgIpc) is 3.47. The lowest BCUT2D eigenvalue weighted by molar-refractivity contribution is -0.151. The summed E-state index contributed by atoms with van der Waals surface area (Å²) in [5.74, 6) is -2.44. The lowest BCUT2D eigenvalue weighted by Crippen LogP contribution is -2.24. The Bertz CT molecular complexity index is 529. The molecular weight excluding hydrogens is 376 g/mol. The Morgan fingerprint density at radius 2 is 1.62 bits per heavy atom. The number of allylic oxidation sites excluding steroid dienone is 1. The summed E-state index contributed by atoms with van der Waals surface area (Å²) in [6.07, 6.45) is 13.7. The summed E-state index contributed by atoms with van der Waals surface area (Å²) in [7, 11) is 0. The van der Waals surface area contributed by atoms with Crippen LogP contribution in [-0.2, 0) is 23.9 Å². The minimum absolute atomic E-state index is 0.245. The molecule has 29 heavy (non-hydrogen) atoms. The number of rotatable bonds is 18. The second-order valence-electron chi connectivity index (χ2n) is 7.63. The molecule has 1 aliphatic rings. The summed E-state index contributed by atoms with van der Waals surface area (Å²) in [5, 5.41) is 17.4. The van der Waals surface area contributed by atoms with E-state index in [0.29, 0.717) is 6.42 Å². The van der Waals surface area contributed by atoms with Crippen molar-refractivity contribution < 1.29 is 34.1 Å². The zero-order chi connectivity index (χ0) is 21.5. The third-order valence-corrected chi connectivity index (χ3v) is 4.96. The first kappa shape index (κ1) is 25.1. The average molecular weight is 413 g/mol. The van der Waals surface area contributed by atoms with Crippen LogP contribution in [0.3, 0.4) is 0 Å². The molecule has 7 nitrogen and oxygen atoms in total. The highest BCUT2D eigenvalue weighted by atomic mass is 16.7. The maximum atomic E-state index is 12.1. The molecule has 0 aromatic heterocycles. The van der Waals surface area contributed by atoms with Gasteiger partial charge in [0.05, 0.1) is 0 Å². The van der Waals surface area contributed by atoms with E-state index in [1.165, 1.54) is 0 Å². The molecule has 0 bridgehead atoms. The predicted octanol–water partition coefficient (Wildman–Crippen LogP) is 4.48. The number of aliphatic carboxylic acids is 2. The zero-order valence-corrected chi connectivity index (χ0v) is 17.5. The number of epoxide rings is 1. The van der Waals surface area contributed by atoms with Crippen molar-refractivity contribution in [3.63, 3.8) is 0 Å². The Morgan fingerprint density at radius 3 is 2.28 bits per heavy atom. The number of unbranched alkanes of at least 4 members (excludes halogenated alkanes) is 8. The van der Waals surface area contributed by atoms with Gasteiger partial charge in [0.2, 0.25) is 0 Å². The van der Waals surface area contributed by atoms with E-state index in [4.69, 9.17) is 19.7 Å². The molecule has 0 amide bonds. The number of hydrogen-bond donors (Lipinski definition) is 2. The standard InChI is InChI=1S/C22H36O7/c1-2-3-4-11-14-17(28-22(27)20-19(29-20)21(25)26)15-12-9-7-5-6-8-10-13-16-18(23)24/h9,12,17,19-20H,2-8,10-11,13-16H2,1H3,(H,23,24)(H,25,26). The summed E-state index contributed by atoms with van der Waals surface area (Å²) in [6.45, 7) is 2.14. The molecule has 3 unspecified atom stereocenters. The van der Waals surface area contributed by atoms with E-state index in [0.717, 1.165) is 70.6 Å².